The zero-order valence-corrected chi connectivity index (χ0v) is 12.7. The van der Waals surface area contributed by atoms with E-state index in [1.165, 1.54) is 0 Å². The Hall–Kier alpha value is -0.280. The second kappa shape index (κ2) is 7.09. The molecule has 4 fully saturated rings. The van der Waals surface area contributed by atoms with Gasteiger partial charge in [-0.3, -0.25) is 0 Å². The van der Waals surface area contributed by atoms with Gasteiger partial charge in [0.2, 0.25) is 0 Å². The molecule has 6 atom stereocenters. The van der Waals surface area contributed by atoms with Crippen LogP contribution in [0.5, 0.6) is 0 Å². The molecule has 0 aliphatic carbocycles. The predicted octanol–water partition coefficient (Wildman–Crippen LogP) is -0.241. The van der Waals surface area contributed by atoms with Gasteiger partial charge in [-0.2, -0.15) is 0 Å². The van der Waals surface area contributed by atoms with Crippen LogP contribution in [0.15, 0.2) is 0 Å². The smallest absolute Gasteiger partial charge is 0.107 e. The lowest BCUT2D eigenvalue weighted by atomic mass is 10.1. The highest BCUT2D eigenvalue weighted by Crippen LogP contribution is 2.24. The highest BCUT2D eigenvalue weighted by molar-refractivity contribution is 4.83. The number of hydrogen-bond donors (Lipinski definition) is 0. The number of ether oxygens (including phenoxy) is 7. The van der Waals surface area contributed by atoms with Crippen molar-refractivity contribution in [2.45, 2.75) is 43.0 Å². The van der Waals surface area contributed by atoms with E-state index in [2.05, 4.69) is 0 Å². The quantitative estimate of drug-likeness (QED) is 0.434. The van der Waals surface area contributed by atoms with E-state index >= 15 is 0 Å². The molecule has 4 aliphatic rings. The highest BCUT2D eigenvalue weighted by Gasteiger charge is 2.36. The lowest BCUT2D eigenvalue weighted by molar-refractivity contribution is -0.113. The minimum Gasteiger partial charge on any atom is -0.376 e. The zero-order chi connectivity index (χ0) is 14.8. The zero-order valence-electron chi connectivity index (χ0n) is 12.7. The largest absolute Gasteiger partial charge is 0.376 e. The van der Waals surface area contributed by atoms with Crippen molar-refractivity contribution in [1.82, 2.24) is 0 Å². The standard InChI is InChI=1S/C15H24O7/c1(10-3-17-10)14(21-7-12-5-19-12)15(22-8-13-6-20-13)9-16-2-11-4-18-11/h10-15H,1-9H2. The van der Waals surface area contributed by atoms with Gasteiger partial charge < -0.3 is 33.2 Å². The third kappa shape index (κ3) is 5.42. The van der Waals surface area contributed by atoms with E-state index in [9.17, 15) is 0 Å². The summed E-state index contributed by atoms with van der Waals surface area (Å²) in [6.07, 6.45) is 1.74. The molecule has 0 radical (unpaired) electrons. The molecule has 0 spiro atoms. The molecule has 0 bridgehead atoms. The van der Waals surface area contributed by atoms with Crippen molar-refractivity contribution in [3.63, 3.8) is 0 Å². The number of rotatable bonds is 13. The Balaban J connectivity index is 1.27. The van der Waals surface area contributed by atoms with Gasteiger partial charge in [0.15, 0.2) is 0 Å². The van der Waals surface area contributed by atoms with E-state index in [4.69, 9.17) is 33.2 Å². The van der Waals surface area contributed by atoms with Crippen molar-refractivity contribution in [2.24, 2.45) is 0 Å². The van der Waals surface area contributed by atoms with Crippen molar-refractivity contribution in [3.8, 4) is 0 Å². The summed E-state index contributed by atoms with van der Waals surface area (Å²) >= 11 is 0. The third-order valence-corrected chi connectivity index (χ3v) is 4.10. The molecule has 4 heterocycles. The summed E-state index contributed by atoms with van der Waals surface area (Å²) in [5.74, 6) is 0. The van der Waals surface area contributed by atoms with Gasteiger partial charge >= 0.3 is 0 Å². The minimum atomic E-state index is -0.106. The first-order valence-electron chi connectivity index (χ1n) is 8.14. The lowest BCUT2D eigenvalue weighted by Gasteiger charge is -2.27. The van der Waals surface area contributed by atoms with Crippen LogP contribution in [0.1, 0.15) is 6.42 Å². The Kier molecular flexibility index (Phi) is 4.92. The maximum absolute atomic E-state index is 6.02. The van der Waals surface area contributed by atoms with Gasteiger partial charge in [-0.05, 0) is 0 Å². The summed E-state index contributed by atoms with van der Waals surface area (Å²) in [6, 6.07) is 0. The third-order valence-electron chi connectivity index (χ3n) is 4.10. The van der Waals surface area contributed by atoms with Crippen molar-refractivity contribution in [3.05, 3.63) is 0 Å². The molecule has 22 heavy (non-hydrogen) atoms. The van der Waals surface area contributed by atoms with Gasteiger partial charge in [0.05, 0.1) is 65.1 Å². The predicted molar refractivity (Wildman–Crippen MR) is 73.9 cm³/mol. The molecule has 0 saturated carbocycles. The molecule has 7 nitrogen and oxygen atoms in total. The van der Waals surface area contributed by atoms with Crippen LogP contribution in [0.3, 0.4) is 0 Å². The molecule has 126 valence electrons. The topological polar surface area (TPSA) is 77.8 Å². The number of hydrogen-bond acceptors (Lipinski definition) is 7. The average molecular weight is 316 g/mol. The van der Waals surface area contributed by atoms with Crippen LogP contribution in [-0.4, -0.2) is 89.5 Å². The first-order valence-corrected chi connectivity index (χ1v) is 8.14. The van der Waals surface area contributed by atoms with Crippen LogP contribution < -0.4 is 0 Å². The van der Waals surface area contributed by atoms with Crippen LogP contribution in [-0.2, 0) is 33.2 Å². The lowest BCUT2D eigenvalue weighted by Crippen LogP contribution is -2.38. The van der Waals surface area contributed by atoms with Gasteiger partial charge in [0.1, 0.15) is 24.4 Å². The van der Waals surface area contributed by atoms with Crippen LogP contribution in [0, 0.1) is 0 Å². The molecule has 0 aromatic rings. The Morgan fingerprint density at radius 1 is 0.682 bits per heavy atom. The SMILES string of the molecule is C(OCC(OCC1CO1)C(CC1CO1)OCC1CO1)C1CO1. The molecule has 0 aromatic carbocycles. The van der Waals surface area contributed by atoms with Crippen LogP contribution in [0.25, 0.3) is 0 Å². The normalized spacial score (nSPS) is 37.6. The fourth-order valence-electron chi connectivity index (χ4n) is 2.32. The van der Waals surface area contributed by atoms with Crippen molar-refractivity contribution < 1.29 is 33.2 Å². The van der Waals surface area contributed by atoms with Gasteiger partial charge in [-0.1, -0.05) is 0 Å². The first kappa shape index (κ1) is 15.3. The Morgan fingerprint density at radius 2 is 1.18 bits per heavy atom. The van der Waals surface area contributed by atoms with Crippen LogP contribution in [0.4, 0.5) is 0 Å². The van der Waals surface area contributed by atoms with E-state index in [1.807, 2.05) is 0 Å². The molecule has 4 rings (SSSR count). The summed E-state index contributed by atoms with van der Waals surface area (Å²) < 4.78 is 38.7. The molecule has 6 unspecified atom stereocenters. The van der Waals surface area contributed by atoms with Crippen molar-refractivity contribution in [1.29, 1.82) is 0 Å². The van der Waals surface area contributed by atoms with Crippen molar-refractivity contribution in [2.75, 3.05) is 52.9 Å². The molecule has 0 amide bonds. The maximum atomic E-state index is 6.02. The van der Waals surface area contributed by atoms with E-state index < -0.39 is 0 Å². The molecular formula is C15H24O7. The van der Waals surface area contributed by atoms with E-state index in [1.54, 1.807) is 0 Å². The Labute approximate surface area is 130 Å². The van der Waals surface area contributed by atoms with Crippen molar-refractivity contribution >= 4 is 0 Å². The average Bonchev–Trinajstić information content (AvgIpc) is 3.35. The van der Waals surface area contributed by atoms with Crippen LogP contribution >= 0.6 is 0 Å². The molecular weight excluding hydrogens is 292 g/mol. The second-order valence-corrected chi connectivity index (χ2v) is 6.34. The van der Waals surface area contributed by atoms with Gasteiger partial charge in [0, 0.05) is 6.42 Å². The highest BCUT2D eigenvalue weighted by atomic mass is 16.6. The Bertz CT molecular complexity index is 350. The first-order chi connectivity index (χ1) is 10.9. The summed E-state index contributed by atoms with van der Waals surface area (Å²) in [5, 5.41) is 0. The van der Waals surface area contributed by atoms with Gasteiger partial charge in [-0.25, -0.2) is 0 Å². The van der Waals surface area contributed by atoms with E-state index in [0.717, 1.165) is 32.8 Å². The molecule has 0 N–H and O–H groups in total. The maximum Gasteiger partial charge on any atom is 0.107 e. The minimum absolute atomic E-state index is 0.0319. The van der Waals surface area contributed by atoms with Gasteiger partial charge in [-0.15, -0.1) is 0 Å². The molecule has 4 saturated heterocycles. The number of epoxide rings is 4. The Morgan fingerprint density at radius 3 is 1.73 bits per heavy atom. The summed E-state index contributed by atoms with van der Waals surface area (Å²) in [4.78, 5) is 0. The van der Waals surface area contributed by atoms with E-state index in [-0.39, 0.29) is 30.5 Å². The molecule has 0 aromatic heterocycles. The summed E-state index contributed by atoms with van der Waals surface area (Å²) in [5.41, 5.74) is 0. The fraction of sp³-hybridized carbons (Fsp3) is 1.00. The van der Waals surface area contributed by atoms with E-state index in [0.29, 0.717) is 32.5 Å². The fourth-order valence-corrected chi connectivity index (χ4v) is 2.32. The summed E-state index contributed by atoms with van der Waals surface area (Å²) in [6.45, 7) is 5.54. The molecule has 7 heteroatoms. The monoisotopic (exact) mass is 316 g/mol. The van der Waals surface area contributed by atoms with Gasteiger partial charge in [0.25, 0.3) is 0 Å². The summed E-state index contributed by atoms with van der Waals surface area (Å²) in [7, 11) is 0. The molecule has 4 aliphatic heterocycles. The second-order valence-electron chi connectivity index (χ2n) is 6.34. The van der Waals surface area contributed by atoms with Crippen LogP contribution in [0.2, 0.25) is 0 Å².